The van der Waals surface area contributed by atoms with Gasteiger partial charge < -0.3 is 20.7 Å². The number of nitrogens with two attached hydrogens (primary N) is 1. The minimum absolute atomic E-state index is 0.262. The van der Waals surface area contributed by atoms with Gasteiger partial charge in [-0.05, 0) is 15.9 Å². The first-order chi connectivity index (χ1) is 9.54. The second kappa shape index (κ2) is 5.19. The van der Waals surface area contributed by atoms with Crippen molar-refractivity contribution in [2.24, 2.45) is 0 Å². The summed E-state index contributed by atoms with van der Waals surface area (Å²) in [5.41, 5.74) is 6.70. The summed E-state index contributed by atoms with van der Waals surface area (Å²) < 4.78 is 7.77. The Kier molecular flexibility index (Phi) is 3.67. The Morgan fingerprint density at radius 1 is 1.45 bits per heavy atom. The van der Waals surface area contributed by atoms with Crippen molar-refractivity contribution in [3.05, 3.63) is 11.1 Å². The number of imidazole rings is 1. The van der Waals surface area contributed by atoms with E-state index in [1.54, 1.807) is 4.57 Å². The lowest BCUT2D eigenvalue weighted by Gasteiger charge is -2.17. The monoisotopic (exact) mass is 407 g/mol. The Balaban J connectivity index is 2.11. The van der Waals surface area contributed by atoms with E-state index in [1.165, 1.54) is 6.33 Å². The van der Waals surface area contributed by atoms with Crippen molar-refractivity contribution < 1.29 is 14.9 Å². The quantitative estimate of drug-likeness (QED) is 0.479. The largest absolute Gasteiger partial charge is 0.394 e. The van der Waals surface area contributed by atoms with Crippen molar-refractivity contribution in [1.29, 1.82) is 0 Å². The molecule has 4 atom stereocenters. The lowest BCUT2D eigenvalue weighted by Crippen LogP contribution is -2.29. The highest BCUT2D eigenvalue weighted by atomic mass is 79.9. The summed E-state index contributed by atoms with van der Waals surface area (Å²) in [5.74, 6) is 0.262. The molecule has 0 aromatic carbocycles. The normalized spacial score (nSPS) is 30.2. The van der Waals surface area contributed by atoms with E-state index in [2.05, 4.69) is 46.8 Å². The average molecular weight is 409 g/mol. The molecule has 2 unspecified atom stereocenters. The zero-order valence-corrected chi connectivity index (χ0v) is 13.2. The van der Waals surface area contributed by atoms with Crippen LogP contribution in [0.4, 0.5) is 5.82 Å². The molecule has 108 valence electrons. The number of anilines is 1. The van der Waals surface area contributed by atoms with Crippen LogP contribution in [-0.2, 0) is 4.74 Å². The molecule has 0 amide bonds. The highest BCUT2D eigenvalue weighted by molar-refractivity contribution is 9.10. The van der Waals surface area contributed by atoms with Crippen LogP contribution in [0.25, 0.3) is 11.2 Å². The van der Waals surface area contributed by atoms with Crippen LogP contribution in [0.1, 0.15) is 6.23 Å². The molecule has 0 saturated carbocycles. The van der Waals surface area contributed by atoms with Crippen LogP contribution in [0.2, 0.25) is 0 Å². The first kappa shape index (κ1) is 14.1. The van der Waals surface area contributed by atoms with Crippen LogP contribution in [0.15, 0.2) is 11.1 Å². The Bertz CT molecular complexity index is 651. The molecule has 0 spiro atoms. The Morgan fingerprint density at radius 2 is 2.20 bits per heavy atom. The highest BCUT2D eigenvalue weighted by Crippen LogP contribution is 2.38. The predicted octanol–water partition coefficient (Wildman–Crippen LogP) is 0.185. The first-order valence-electron chi connectivity index (χ1n) is 5.77. The molecule has 8 nitrogen and oxygen atoms in total. The molecule has 0 aliphatic carbocycles. The summed E-state index contributed by atoms with van der Waals surface area (Å²) in [6.07, 6.45) is -0.752. The number of nitrogens with zero attached hydrogens (tertiary/aromatic N) is 4. The average Bonchev–Trinajstić information content (AvgIpc) is 2.90. The lowest BCUT2D eigenvalue weighted by molar-refractivity contribution is -0.0437. The van der Waals surface area contributed by atoms with Crippen molar-refractivity contribution in [3.8, 4) is 0 Å². The van der Waals surface area contributed by atoms with Crippen LogP contribution in [0.5, 0.6) is 0 Å². The van der Waals surface area contributed by atoms with Gasteiger partial charge in [-0.25, -0.2) is 15.0 Å². The SMILES string of the molecule is Nc1ncnc2c1nc(Br)n2[C@@H]1O[C@H](CO)C(O)C1Br. The van der Waals surface area contributed by atoms with Gasteiger partial charge in [0.15, 0.2) is 27.9 Å². The Hall–Kier alpha value is -0.810. The molecule has 3 heterocycles. The summed E-state index contributed by atoms with van der Waals surface area (Å²) >= 11 is 6.71. The van der Waals surface area contributed by atoms with Gasteiger partial charge in [0.1, 0.15) is 12.4 Å². The van der Waals surface area contributed by atoms with E-state index < -0.39 is 23.3 Å². The molecule has 1 aliphatic rings. The van der Waals surface area contributed by atoms with Crippen LogP contribution in [-0.4, -0.2) is 53.4 Å². The smallest absolute Gasteiger partial charge is 0.181 e. The number of aliphatic hydroxyl groups is 2. The number of fused-ring (bicyclic) bond motifs is 1. The number of halogens is 2. The molecule has 10 heteroatoms. The fourth-order valence-electron chi connectivity index (χ4n) is 2.19. The zero-order chi connectivity index (χ0) is 14.4. The van der Waals surface area contributed by atoms with Crippen LogP contribution in [0, 0.1) is 0 Å². The van der Waals surface area contributed by atoms with Gasteiger partial charge in [-0.15, -0.1) is 0 Å². The van der Waals surface area contributed by atoms with Gasteiger partial charge in [0.2, 0.25) is 0 Å². The van der Waals surface area contributed by atoms with Crippen LogP contribution >= 0.6 is 31.9 Å². The van der Waals surface area contributed by atoms with Gasteiger partial charge >= 0.3 is 0 Å². The van der Waals surface area contributed by atoms with E-state index in [-0.39, 0.29) is 12.4 Å². The number of alkyl halides is 1. The Labute approximate surface area is 130 Å². The minimum atomic E-state index is -0.839. The zero-order valence-electron chi connectivity index (χ0n) is 10.0. The van der Waals surface area contributed by atoms with Crippen molar-refractivity contribution in [2.45, 2.75) is 23.3 Å². The standard InChI is InChI=1S/C10H11Br2N5O3/c11-4-6(19)3(1-18)20-9(4)17-8-5(16-10(17)12)7(13)14-2-15-8/h2-4,6,9,18-19H,1H2,(H2,13,14,15)/t3-,4?,6?,9-/m1/s1. The summed E-state index contributed by atoms with van der Waals surface area (Å²) in [6.45, 7) is -0.277. The highest BCUT2D eigenvalue weighted by Gasteiger charge is 2.44. The third-order valence-electron chi connectivity index (χ3n) is 3.19. The number of nitrogen functional groups attached to an aromatic ring is 1. The second-order valence-electron chi connectivity index (χ2n) is 4.36. The van der Waals surface area contributed by atoms with Gasteiger partial charge in [-0.3, -0.25) is 4.57 Å². The van der Waals surface area contributed by atoms with Gasteiger partial charge in [0.25, 0.3) is 0 Å². The number of hydrogen-bond acceptors (Lipinski definition) is 7. The van der Waals surface area contributed by atoms with E-state index in [0.717, 1.165) is 0 Å². The molecular formula is C10H11Br2N5O3. The third-order valence-corrected chi connectivity index (χ3v) is 4.74. The maximum atomic E-state index is 10.0. The van der Waals surface area contributed by atoms with Gasteiger partial charge in [-0.2, -0.15) is 0 Å². The first-order valence-corrected chi connectivity index (χ1v) is 7.47. The van der Waals surface area contributed by atoms with Crippen LogP contribution < -0.4 is 5.73 Å². The van der Waals surface area contributed by atoms with E-state index >= 15 is 0 Å². The molecule has 0 bridgehead atoms. The molecule has 20 heavy (non-hydrogen) atoms. The fraction of sp³-hybridized carbons (Fsp3) is 0.500. The van der Waals surface area contributed by atoms with Crippen molar-refractivity contribution in [2.75, 3.05) is 12.3 Å². The van der Waals surface area contributed by atoms with Gasteiger partial charge in [0, 0.05) is 0 Å². The van der Waals surface area contributed by atoms with E-state index in [0.29, 0.717) is 15.9 Å². The molecular weight excluding hydrogens is 398 g/mol. The third kappa shape index (κ3) is 2.02. The summed E-state index contributed by atoms with van der Waals surface area (Å²) in [7, 11) is 0. The number of aliphatic hydroxyl groups excluding tert-OH is 2. The molecule has 0 radical (unpaired) electrons. The molecule has 2 aromatic rings. The van der Waals surface area contributed by atoms with E-state index in [1.807, 2.05) is 0 Å². The van der Waals surface area contributed by atoms with Crippen molar-refractivity contribution >= 4 is 48.8 Å². The fourth-order valence-corrected chi connectivity index (χ4v) is 3.44. The van der Waals surface area contributed by atoms with Gasteiger partial charge in [0.05, 0.1) is 17.5 Å². The van der Waals surface area contributed by atoms with E-state index in [4.69, 9.17) is 10.5 Å². The molecule has 3 rings (SSSR count). The summed E-state index contributed by atoms with van der Waals surface area (Å²) in [5, 5.41) is 19.2. The minimum Gasteiger partial charge on any atom is -0.394 e. The lowest BCUT2D eigenvalue weighted by atomic mass is 10.2. The number of ether oxygens (including phenoxy) is 1. The van der Waals surface area contributed by atoms with Crippen molar-refractivity contribution in [3.63, 3.8) is 0 Å². The molecule has 1 fully saturated rings. The Morgan fingerprint density at radius 3 is 2.85 bits per heavy atom. The topological polar surface area (TPSA) is 119 Å². The molecule has 2 aromatic heterocycles. The molecule has 1 saturated heterocycles. The summed E-state index contributed by atoms with van der Waals surface area (Å²) in [6, 6.07) is 0. The predicted molar refractivity (Wildman–Crippen MR) is 77.2 cm³/mol. The van der Waals surface area contributed by atoms with Crippen molar-refractivity contribution in [1.82, 2.24) is 19.5 Å². The second-order valence-corrected chi connectivity index (χ2v) is 6.13. The molecule has 4 N–H and O–H groups in total. The van der Waals surface area contributed by atoms with E-state index in [9.17, 15) is 10.2 Å². The van der Waals surface area contributed by atoms with Crippen LogP contribution in [0.3, 0.4) is 0 Å². The van der Waals surface area contributed by atoms with Gasteiger partial charge in [-0.1, -0.05) is 15.9 Å². The maximum absolute atomic E-state index is 10.0. The number of hydrogen-bond donors (Lipinski definition) is 3. The molecule has 1 aliphatic heterocycles. The number of aromatic nitrogens is 4. The maximum Gasteiger partial charge on any atom is 0.181 e. The summed E-state index contributed by atoms with van der Waals surface area (Å²) in [4.78, 5) is 11.9. The number of rotatable bonds is 2.